The van der Waals surface area contributed by atoms with Crippen molar-refractivity contribution in [1.82, 2.24) is 0 Å². The number of benzene rings is 1. The van der Waals surface area contributed by atoms with E-state index >= 15 is 0 Å². The first-order valence-electron chi connectivity index (χ1n) is 6.65. The van der Waals surface area contributed by atoms with Crippen molar-refractivity contribution in [1.29, 1.82) is 0 Å². The molecule has 0 heterocycles. The van der Waals surface area contributed by atoms with E-state index in [1.807, 2.05) is 0 Å². The number of fused-ring (bicyclic) bond motifs is 1. The summed E-state index contributed by atoms with van der Waals surface area (Å²) in [6.07, 6.45) is 11.4. The summed E-state index contributed by atoms with van der Waals surface area (Å²) in [7, 11) is -1.29. The van der Waals surface area contributed by atoms with E-state index < -0.39 is 8.07 Å². The number of hydrogen-bond acceptors (Lipinski definition) is 0. The van der Waals surface area contributed by atoms with Gasteiger partial charge in [0.1, 0.15) is 0 Å². The first-order valence-corrected chi connectivity index (χ1v) is 10.2. The third-order valence-electron chi connectivity index (χ3n) is 3.83. The Bertz CT molecular complexity index is 573. The SMILES string of the molecule is C[Si](C)(C)C1=Cc2ccccc2C1C1=[C-]CC=C1.[V]. The van der Waals surface area contributed by atoms with Gasteiger partial charge in [-0.15, -0.1) is 6.42 Å². The molecule has 0 bridgehead atoms. The normalized spacial score (nSPS) is 20.7. The van der Waals surface area contributed by atoms with Crippen LogP contribution in [0.25, 0.3) is 6.08 Å². The predicted molar refractivity (Wildman–Crippen MR) is 81.0 cm³/mol. The quantitative estimate of drug-likeness (QED) is 0.547. The number of rotatable bonds is 2. The van der Waals surface area contributed by atoms with Crippen molar-refractivity contribution >= 4 is 14.1 Å². The molecule has 2 aliphatic carbocycles. The molecular weight excluding hydrogens is 283 g/mol. The Morgan fingerprint density at radius 3 is 2.53 bits per heavy atom. The first kappa shape index (κ1) is 14.6. The molecule has 0 aliphatic heterocycles. The van der Waals surface area contributed by atoms with Crippen molar-refractivity contribution in [2.75, 3.05) is 0 Å². The van der Waals surface area contributed by atoms with Crippen LogP contribution in [0.3, 0.4) is 0 Å². The van der Waals surface area contributed by atoms with Gasteiger partial charge >= 0.3 is 0 Å². The maximum absolute atomic E-state index is 3.53. The molecule has 0 spiro atoms. The van der Waals surface area contributed by atoms with Gasteiger partial charge in [0, 0.05) is 18.6 Å². The van der Waals surface area contributed by atoms with E-state index in [0.717, 1.165) is 6.42 Å². The standard InChI is InChI=1S/C17H19Si.V/c1-18(2,3)16-12-14-10-6-7-11-15(14)17(16)13-8-4-5-9-13;/h4,6-8,10-12,17H,5H2,1-3H3;/q-1;. The fourth-order valence-electron chi connectivity index (χ4n) is 2.93. The summed E-state index contributed by atoms with van der Waals surface area (Å²) >= 11 is 0. The summed E-state index contributed by atoms with van der Waals surface area (Å²) in [5, 5.41) is 1.65. The van der Waals surface area contributed by atoms with Gasteiger partial charge in [0.05, 0.1) is 8.07 Å². The van der Waals surface area contributed by atoms with Gasteiger partial charge in [-0.3, -0.25) is 6.08 Å². The Hall–Kier alpha value is -0.759. The van der Waals surface area contributed by atoms with Crippen LogP contribution in [-0.2, 0) is 18.6 Å². The summed E-state index contributed by atoms with van der Waals surface area (Å²) in [4.78, 5) is 0. The number of allylic oxidation sites excluding steroid dienone is 5. The van der Waals surface area contributed by atoms with Gasteiger partial charge in [0.25, 0.3) is 0 Å². The molecule has 1 atom stereocenters. The Morgan fingerprint density at radius 2 is 1.89 bits per heavy atom. The average Bonchev–Trinajstić information content (AvgIpc) is 2.94. The Morgan fingerprint density at radius 1 is 1.16 bits per heavy atom. The molecule has 0 aromatic heterocycles. The Kier molecular flexibility index (Phi) is 4.10. The van der Waals surface area contributed by atoms with E-state index in [1.54, 1.807) is 5.20 Å². The van der Waals surface area contributed by atoms with E-state index in [4.69, 9.17) is 0 Å². The third-order valence-corrected chi connectivity index (χ3v) is 5.99. The summed E-state index contributed by atoms with van der Waals surface area (Å²) in [6, 6.07) is 8.83. The predicted octanol–water partition coefficient (Wildman–Crippen LogP) is 4.73. The molecule has 0 saturated heterocycles. The smallest absolute Gasteiger partial charge is 0.0735 e. The largest absolute Gasteiger partial charge is 0.269 e. The van der Waals surface area contributed by atoms with Crippen LogP contribution in [-0.4, -0.2) is 8.07 Å². The van der Waals surface area contributed by atoms with Gasteiger partial charge in [-0.05, 0) is 17.0 Å². The minimum Gasteiger partial charge on any atom is -0.269 e. The second-order valence-electron chi connectivity index (χ2n) is 6.15. The van der Waals surface area contributed by atoms with E-state index in [1.165, 1.54) is 16.7 Å². The van der Waals surface area contributed by atoms with Crippen LogP contribution in [0.1, 0.15) is 23.5 Å². The zero-order valence-electron chi connectivity index (χ0n) is 11.8. The van der Waals surface area contributed by atoms with Crippen LogP contribution in [0.15, 0.2) is 47.2 Å². The van der Waals surface area contributed by atoms with E-state index in [2.05, 4.69) is 68.2 Å². The Balaban J connectivity index is 0.00000133. The molecule has 2 heteroatoms. The molecule has 0 saturated carbocycles. The maximum atomic E-state index is 3.53. The molecule has 0 N–H and O–H groups in total. The minimum atomic E-state index is -1.29. The molecule has 19 heavy (non-hydrogen) atoms. The molecule has 0 fully saturated rings. The van der Waals surface area contributed by atoms with E-state index in [9.17, 15) is 0 Å². The number of hydrogen-bond donors (Lipinski definition) is 0. The monoisotopic (exact) mass is 302 g/mol. The topological polar surface area (TPSA) is 0 Å². The first-order chi connectivity index (χ1) is 8.57. The van der Waals surface area contributed by atoms with Gasteiger partial charge in [-0.1, -0.05) is 55.2 Å². The third kappa shape index (κ3) is 2.60. The van der Waals surface area contributed by atoms with Crippen LogP contribution in [0, 0.1) is 6.08 Å². The fraction of sp³-hybridized carbons (Fsp3) is 0.294. The molecule has 1 aromatic rings. The zero-order valence-corrected chi connectivity index (χ0v) is 14.2. The van der Waals surface area contributed by atoms with Crippen molar-refractivity contribution in [2.45, 2.75) is 32.0 Å². The van der Waals surface area contributed by atoms with Crippen LogP contribution in [0.5, 0.6) is 0 Å². The van der Waals surface area contributed by atoms with Crippen molar-refractivity contribution < 1.29 is 18.6 Å². The second-order valence-corrected chi connectivity index (χ2v) is 11.2. The molecule has 1 aromatic carbocycles. The summed E-state index contributed by atoms with van der Waals surface area (Å²) in [5.41, 5.74) is 4.27. The van der Waals surface area contributed by atoms with Crippen molar-refractivity contribution in [2.24, 2.45) is 0 Å². The van der Waals surface area contributed by atoms with Crippen LogP contribution in [0.2, 0.25) is 19.6 Å². The minimum absolute atomic E-state index is 0. The van der Waals surface area contributed by atoms with E-state index in [0.29, 0.717) is 5.92 Å². The van der Waals surface area contributed by atoms with Crippen LogP contribution < -0.4 is 0 Å². The van der Waals surface area contributed by atoms with E-state index in [-0.39, 0.29) is 18.6 Å². The van der Waals surface area contributed by atoms with Crippen LogP contribution in [0.4, 0.5) is 0 Å². The molecule has 0 nitrogen and oxygen atoms in total. The van der Waals surface area contributed by atoms with Gasteiger partial charge in [0.2, 0.25) is 0 Å². The van der Waals surface area contributed by atoms with Gasteiger partial charge < -0.3 is 0 Å². The fourth-order valence-corrected chi connectivity index (χ4v) is 4.69. The molecular formula is C17H19SiV-. The maximum Gasteiger partial charge on any atom is 0.0735 e. The van der Waals surface area contributed by atoms with Crippen molar-refractivity contribution in [3.63, 3.8) is 0 Å². The average molecular weight is 302 g/mol. The second kappa shape index (κ2) is 5.32. The molecule has 2 aliphatic rings. The molecule has 1 unspecified atom stereocenters. The van der Waals surface area contributed by atoms with Gasteiger partial charge in [0.15, 0.2) is 0 Å². The van der Waals surface area contributed by atoms with Gasteiger partial charge in [-0.2, -0.15) is 6.08 Å². The summed E-state index contributed by atoms with van der Waals surface area (Å²) in [6.45, 7) is 7.32. The molecule has 1 radical (unpaired) electrons. The van der Waals surface area contributed by atoms with Crippen LogP contribution >= 0.6 is 0 Å². The van der Waals surface area contributed by atoms with Gasteiger partial charge in [-0.25, -0.2) is 11.6 Å². The Labute approximate surface area is 129 Å². The summed E-state index contributed by atoms with van der Waals surface area (Å²) in [5.74, 6) is 0.478. The van der Waals surface area contributed by atoms with Crippen molar-refractivity contribution in [3.05, 3.63) is 64.4 Å². The van der Waals surface area contributed by atoms with Crippen molar-refractivity contribution in [3.8, 4) is 0 Å². The molecule has 0 amide bonds. The molecule has 97 valence electrons. The molecule has 3 rings (SSSR count). The summed E-state index contributed by atoms with van der Waals surface area (Å²) < 4.78 is 0. The zero-order chi connectivity index (χ0) is 12.8.